The third-order valence-electron chi connectivity index (χ3n) is 10.6. The summed E-state index contributed by atoms with van der Waals surface area (Å²) in [5.74, 6) is -0.352. The molecule has 6 rings (SSSR count). The lowest BCUT2D eigenvalue weighted by Crippen LogP contribution is -2.67. The number of rotatable bonds is 0. The quantitative estimate of drug-likeness (QED) is 0.578. The number of fused-ring (bicyclic) bond motifs is 2. The summed E-state index contributed by atoms with van der Waals surface area (Å²) in [5, 5.41) is 11.5. The number of ether oxygens (including phenoxy) is 2. The fourth-order valence-electron chi connectivity index (χ4n) is 8.17. The van der Waals surface area contributed by atoms with Crippen molar-refractivity contribution in [3.8, 4) is 0 Å². The number of carbonyl (C=O) groups excluding carboxylic acids is 1. The van der Waals surface area contributed by atoms with Crippen molar-refractivity contribution >= 4 is 5.78 Å². The minimum atomic E-state index is -1.000. The molecule has 4 heteroatoms. The average molecular weight is 437 g/mol. The maximum atomic E-state index is 12.1. The summed E-state index contributed by atoms with van der Waals surface area (Å²) in [6.45, 7) is 13.0. The summed E-state index contributed by atoms with van der Waals surface area (Å²) in [7, 11) is 0. The van der Waals surface area contributed by atoms with E-state index in [0.29, 0.717) is 12.3 Å². The summed E-state index contributed by atoms with van der Waals surface area (Å²) in [6.07, 6.45) is 13.6. The van der Waals surface area contributed by atoms with E-state index in [-0.39, 0.29) is 28.4 Å². The lowest BCUT2D eigenvalue weighted by molar-refractivity contribution is -0.369. The van der Waals surface area contributed by atoms with Crippen LogP contribution in [-0.4, -0.2) is 34.0 Å². The molecule has 0 aromatic carbocycles. The molecule has 3 fully saturated rings. The normalized spacial score (nSPS) is 52.7. The second-order valence-corrected chi connectivity index (χ2v) is 12.2. The van der Waals surface area contributed by atoms with Crippen LogP contribution in [0.15, 0.2) is 47.1 Å². The molecule has 5 unspecified atom stereocenters. The maximum absolute atomic E-state index is 12.1. The molecule has 1 saturated carbocycles. The Bertz CT molecular complexity index is 1050. The van der Waals surface area contributed by atoms with Gasteiger partial charge in [0.25, 0.3) is 0 Å². The molecule has 0 radical (unpaired) electrons. The molecule has 1 spiro atoms. The molecule has 4 aliphatic carbocycles. The van der Waals surface area contributed by atoms with Gasteiger partial charge in [-0.15, -0.1) is 0 Å². The van der Waals surface area contributed by atoms with E-state index in [9.17, 15) is 9.90 Å². The van der Waals surface area contributed by atoms with Crippen LogP contribution in [0.4, 0.5) is 0 Å². The van der Waals surface area contributed by atoms with Crippen LogP contribution >= 0.6 is 0 Å². The molecular weight excluding hydrogens is 400 g/mol. The Kier molecular flexibility index (Phi) is 3.92. The summed E-state index contributed by atoms with van der Waals surface area (Å²) in [5.41, 5.74) is 2.32. The van der Waals surface area contributed by atoms with Crippen LogP contribution in [0.2, 0.25) is 0 Å². The van der Waals surface area contributed by atoms with Crippen molar-refractivity contribution < 1.29 is 19.4 Å². The average Bonchev–Trinajstić information content (AvgIpc) is 3.06. The lowest BCUT2D eigenvalue weighted by atomic mass is 9.53. The molecule has 0 amide bonds. The smallest absolute Gasteiger partial charge is 0.199 e. The fourth-order valence-corrected chi connectivity index (χ4v) is 8.17. The third kappa shape index (κ3) is 2.14. The highest BCUT2D eigenvalue weighted by Gasteiger charge is 2.75. The zero-order valence-electron chi connectivity index (χ0n) is 20.2. The molecule has 2 heterocycles. The maximum Gasteiger partial charge on any atom is 0.199 e. The van der Waals surface area contributed by atoms with Gasteiger partial charge in [-0.25, -0.2) is 0 Å². The molecule has 32 heavy (non-hydrogen) atoms. The Labute approximate surface area is 191 Å². The number of allylic oxidation sites excluding steroid dienone is 5. The molecule has 172 valence electrons. The third-order valence-corrected chi connectivity index (χ3v) is 10.6. The zero-order chi connectivity index (χ0) is 22.9. The summed E-state index contributed by atoms with van der Waals surface area (Å²) in [6, 6.07) is 0. The first-order valence-corrected chi connectivity index (χ1v) is 12.4. The second-order valence-electron chi connectivity index (χ2n) is 12.2. The molecule has 2 bridgehead atoms. The van der Waals surface area contributed by atoms with Crippen molar-refractivity contribution in [2.24, 2.45) is 28.6 Å². The Balaban J connectivity index is 1.54. The molecule has 0 aromatic rings. The first kappa shape index (κ1) is 21.1. The predicted octanol–water partition coefficient (Wildman–Crippen LogP) is 5.04. The molecule has 6 aliphatic rings. The van der Waals surface area contributed by atoms with E-state index in [1.165, 1.54) is 11.1 Å². The van der Waals surface area contributed by atoms with Crippen LogP contribution in [0.25, 0.3) is 0 Å². The van der Waals surface area contributed by atoms with Crippen molar-refractivity contribution in [1.29, 1.82) is 0 Å². The van der Waals surface area contributed by atoms with E-state index in [1.807, 2.05) is 6.08 Å². The topological polar surface area (TPSA) is 55.8 Å². The molecular formula is C28H36O4. The molecule has 1 N–H and O–H groups in total. The van der Waals surface area contributed by atoms with Gasteiger partial charge in [-0.2, -0.15) is 0 Å². The number of hydrogen-bond donors (Lipinski definition) is 1. The van der Waals surface area contributed by atoms with Gasteiger partial charge in [0.05, 0.1) is 5.60 Å². The van der Waals surface area contributed by atoms with E-state index in [2.05, 4.69) is 65.8 Å². The van der Waals surface area contributed by atoms with Crippen molar-refractivity contribution in [3.63, 3.8) is 0 Å². The summed E-state index contributed by atoms with van der Waals surface area (Å²) in [4.78, 5) is 12.1. The first-order chi connectivity index (χ1) is 14.9. The minimum absolute atomic E-state index is 0.0176. The summed E-state index contributed by atoms with van der Waals surface area (Å²) < 4.78 is 14.0. The predicted molar refractivity (Wildman–Crippen MR) is 123 cm³/mol. The van der Waals surface area contributed by atoms with Gasteiger partial charge in [-0.3, -0.25) is 4.79 Å². The molecule has 4 nitrogen and oxygen atoms in total. The highest BCUT2D eigenvalue weighted by atomic mass is 16.7. The van der Waals surface area contributed by atoms with Gasteiger partial charge in [0, 0.05) is 29.1 Å². The van der Waals surface area contributed by atoms with E-state index in [4.69, 9.17) is 9.47 Å². The monoisotopic (exact) mass is 436 g/mol. The van der Waals surface area contributed by atoms with E-state index < -0.39 is 23.1 Å². The van der Waals surface area contributed by atoms with Gasteiger partial charge < -0.3 is 14.6 Å². The molecule has 2 saturated heterocycles. The van der Waals surface area contributed by atoms with Gasteiger partial charge in [0.15, 0.2) is 11.6 Å². The Morgan fingerprint density at radius 1 is 0.969 bits per heavy atom. The van der Waals surface area contributed by atoms with Gasteiger partial charge >= 0.3 is 0 Å². The van der Waals surface area contributed by atoms with Crippen molar-refractivity contribution in [1.82, 2.24) is 0 Å². The Hall–Kier alpha value is -1.49. The van der Waals surface area contributed by atoms with Crippen LogP contribution in [0, 0.1) is 28.6 Å². The lowest BCUT2D eigenvalue weighted by Gasteiger charge is -2.61. The SMILES string of the molecule is CC1C2CCC3(OC14OC(C)(C)[C@@H](C)C4O)C1=C(C=C[C@]23C)[C@@]2(C)CCC(=O)C=C2C=C1. The van der Waals surface area contributed by atoms with Crippen molar-refractivity contribution in [3.05, 3.63) is 47.1 Å². The second kappa shape index (κ2) is 5.95. The van der Waals surface area contributed by atoms with Crippen LogP contribution in [0.1, 0.15) is 67.2 Å². The van der Waals surface area contributed by atoms with Crippen molar-refractivity contribution in [2.45, 2.75) is 90.3 Å². The van der Waals surface area contributed by atoms with Crippen LogP contribution < -0.4 is 0 Å². The zero-order valence-corrected chi connectivity index (χ0v) is 20.2. The molecule has 0 aromatic heterocycles. The van der Waals surface area contributed by atoms with Crippen LogP contribution in [0.5, 0.6) is 0 Å². The van der Waals surface area contributed by atoms with Gasteiger partial charge in [-0.1, -0.05) is 52.0 Å². The standard InChI is InChI=1S/C28H36O4/c1-16-20-11-14-27(32-28(16)23(30)17(2)24(3,4)31-28)22-8-7-18-15-19(29)9-12-25(18,5)21(22)10-13-26(20,27)6/h7-8,10,13,15-17,20,23,30H,9,11-12,14H2,1-6H3/t16?,17-,20?,23?,25-,26+,27?,28?/m0/s1. The van der Waals surface area contributed by atoms with Gasteiger partial charge in [0.1, 0.15) is 11.7 Å². The Morgan fingerprint density at radius 2 is 1.72 bits per heavy atom. The number of carbonyl (C=O) groups is 1. The van der Waals surface area contributed by atoms with Gasteiger partial charge in [0.2, 0.25) is 0 Å². The Morgan fingerprint density at radius 3 is 2.41 bits per heavy atom. The van der Waals surface area contributed by atoms with Gasteiger partial charge in [-0.05, 0) is 61.8 Å². The fraction of sp³-hybridized carbons (Fsp3) is 0.679. The summed E-state index contributed by atoms with van der Waals surface area (Å²) >= 11 is 0. The molecule has 2 aliphatic heterocycles. The highest BCUT2D eigenvalue weighted by molar-refractivity contribution is 5.93. The van der Waals surface area contributed by atoms with E-state index >= 15 is 0 Å². The highest BCUT2D eigenvalue weighted by Crippen LogP contribution is 2.71. The first-order valence-electron chi connectivity index (χ1n) is 12.4. The number of ketones is 1. The van der Waals surface area contributed by atoms with E-state index in [1.54, 1.807) is 0 Å². The van der Waals surface area contributed by atoms with Crippen LogP contribution in [-0.2, 0) is 14.3 Å². The largest absolute Gasteiger partial charge is 0.387 e. The number of aliphatic hydroxyl groups is 1. The molecule has 8 atom stereocenters. The van der Waals surface area contributed by atoms with Crippen molar-refractivity contribution in [2.75, 3.05) is 0 Å². The number of aliphatic hydroxyl groups excluding tert-OH is 1. The number of hydrogen-bond acceptors (Lipinski definition) is 4. The van der Waals surface area contributed by atoms with Crippen LogP contribution in [0.3, 0.4) is 0 Å². The minimum Gasteiger partial charge on any atom is -0.387 e. The van der Waals surface area contributed by atoms with E-state index in [0.717, 1.165) is 24.8 Å².